The molecule has 0 radical (unpaired) electrons. The fraction of sp³-hybridized carbons (Fsp3) is 0.435. The fourth-order valence-corrected chi connectivity index (χ4v) is 2.82. The molecule has 0 saturated heterocycles. The van der Waals surface area contributed by atoms with E-state index in [9.17, 15) is 4.79 Å². The van der Waals surface area contributed by atoms with E-state index in [1.54, 1.807) is 7.05 Å². The van der Waals surface area contributed by atoms with E-state index in [-0.39, 0.29) is 24.0 Å². The van der Waals surface area contributed by atoms with Gasteiger partial charge >= 0.3 is 6.09 Å². The number of carbonyl (C=O) groups excluding carboxylic acids is 1. The average Bonchev–Trinajstić information content (AvgIpc) is 2.68. The molecule has 1 aromatic carbocycles. The largest absolute Gasteiger partial charge is 0.444 e. The number of aromatic nitrogens is 1. The van der Waals surface area contributed by atoms with E-state index >= 15 is 0 Å². The highest BCUT2D eigenvalue weighted by atomic mass is 127. The molecule has 0 fully saturated rings. The molecular weight excluding hydrogens is 505 g/mol. The summed E-state index contributed by atoms with van der Waals surface area (Å²) >= 11 is 0. The smallest absolute Gasteiger partial charge is 0.412 e. The van der Waals surface area contributed by atoms with Crippen LogP contribution in [0.4, 0.5) is 10.5 Å². The summed E-state index contributed by atoms with van der Waals surface area (Å²) in [6.07, 6.45) is 5.02. The first-order valence-corrected chi connectivity index (χ1v) is 10.2. The van der Waals surface area contributed by atoms with Crippen LogP contribution in [-0.2, 0) is 17.6 Å². The number of anilines is 1. The number of nitrogens with zero attached hydrogens (tertiary/aromatic N) is 2. The lowest BCUT2D eigenvalue weighted by Crippen LogP contribution is -2.39. The van der Waals surface area contributed by atoms with Crippen LogP contribution in [0.2, 0.25) is 0 Å². The molecule has 0 aliphatic heterocycles. The molecule has 7 nitrogen and oxygen atoms in total. The summed E-state index contributed by atoms with van der Waals surface area (Å²) in [5, 5.41) is 9.41. The second-order valence-electron chi connectivity index (χ2n) is 8.05. The quantitative estimate of drug-likeness (QED) is 0.278. The Balaban J connectivity index is 0.00000480. The topological polar surface area (TPSA) is 87.6 Å². The molecule has 170 valence electrons. The zero-order chi connectivity index (χ0) is 22.0. The number of amides is 1. The lowest BCUT2D eigenvalue weighted by molar-refractivity contribution is 0.0636. The number of guanidine groups is 1. The Kier molecular flexibility index (Phi) is 11.3. The van der Waals surface area contributed by atoms with Crippen molar-refractivity contribution in [2.24, 2.45) is 4.99 Å². The maximum absolute atomic E-state index is 11.8. The van der Waals surface area contributed by atoms with Gasteiger partial charge in [-0.3, -0.25) is 15.3 Å². The lowest BCUT2D eigenvalue weighted by atomic mass is 10.1. The monoisotopic (exact) mass is 539 g/mol. The number of pyridine rings is 1. The van der Waals surface area contributed by atoms with Crippen LogP contribution in [0.5, 0.6) is 0 Å². The molecule has 31 heavy (non-hydrogen) atoms. The number of benzene rings is 1. The van der Waals surface area contributed by atoms with Gasteiger partial charge in [0.25, 0.3) is 0 Å². The van der Waals surface area contributed by atoms with E-state index in [1.807, 2.05) is 57.4 Å². The van der Waals surface area contributed by atoms with Crippen molar-refractivity contribution in [2.75, 3.05) is 25.5 Å². The van der Waals surface area contributed by atoms with Crippen LogP contribution in [-0.4, -0.2) is 42.8 Å². The summed E-state index contributed by atoms with van der Waals surface area (Å²) in [6.45, 7) is 9.15. The molecule has 1 aromatic heterocycles. The van der Waals surface area contributed by atoms with Gasteiger partial charge in [0.2, 0.25) is 0 Å². The molecule has 1 amide bonds. The first-order valence-electron chi connectivity index (χ1n) is 10.2. The molecule has 0 aliphatic rings. The predicted molar refractivity (Wildman–Crippen MR) is 137 cm³/mol. The van der Waals surface area contributed by atoms with Gasteiger partial charge in [-0.15, -0.1) is 24.0 Å². The van der Waals surface area contributed by atoms with Gasteiger partial charge < -0.3 is 15.4 Å². The molecule has 1 heterocycles. The van der Waals surface area contributed by atoms with Crippen molar-refractivity contribution in [3.05, 3.63) is 59.4 Å². The third-order valence-electron chi connectivity index (χ3n) is 4.35. The summed E-state index contributed by atoms with van der Waals surface area (Å²) in [5.41, 5.74) is 3.85. The zero-order valence-corrected chi connectivity index (χ0v) is 21.3. The average molecular weight is 539 g/mol. The number of hydrogen-bond acceptors (Lipinski definition) is 4. The minimum atomic E-state index is -0.514. The maximum Gasteiger partial charge on any atom is 0.412 e. The summed E-state index contributed by atoms with van der Waals surface area (Å²) in [6, 6.07) is 9.80. The van der Waals surface area contributed by atoms with Crippen molar-refractivity contribution in [3.63, 3.8) is 0 Å². The third-order valence-corrected chi connectivity index (χ3v) is 4.35. The van der Waals surface area contributed by atoms with E-state index in [0.29, 0.717) is 5.69 Å². The molecule has 0 saturated carbocycles. The highest BCUT2D eigenvalue weighted by Crippen LogP contribution is 2.13. The van der Waals surface area contributed by atoms with Crippen LogP contribution in [0.1, 0.15) is 37.5 Å². The number of ether oxygens (including phenoxy) is 1. The van der Waals surface area contributed by atoms with Gasteiger partial charge in [0.15, 0.2) is 5.96 Å². The van der Waals surface area contributed by atoms with Crippen molar-refractivity contribution in [2.45, 2.75) is 46.1 Å². The van der Waals surface area contributed by atoms with Crippen molar-refractivity contribution in [1.82, 2.24) is 15.6 Å². The van der Waals surface area contributed by atoms with Crippen LogP contribution in [0.25, 0.3) is 0 Å². The predicted octanol–water partition coefficient (Wildman–Crippen LogP) is 4.31. The molecule has 0 aliphatic carbocycles. The third kappa shape index (κ3) is 10.5. The van der Waals surface area contributed by atoms with Gasteiger partial charge in [0.05, 0.1) is 0 Å². The number of aliphatic imine (C=N–C) groups is 1. The standard InChI is InChI=1S/C23H33N5O2.HI/c1-17-16-25-13-11-19(17)12-15-27-21(24-5)26-14-10-18-6-8-20(9-7-18)28-22(29)30-23(2,3)4;/h6-9,11,13,16H,10,12,14-15H2,1-5H3,(H,28,29)(H2,24,26,27);1H. The first-order chi connectivity index (χ1) is 14.3. The van der Waals surface area contributed by atoms with Gasteiger partial charge in [-0.25, -0.2) is 4.79 Å². The SMILES string of the molecule is CN=C(NCCc1ccc(NC(=O)OC(C)(C)C)cc1)NCCc1ccncc1C.I. The number of hydrogen-bond donors (Lipinski definition) is 3. The lowest BCUT2D eigenvalue weighted by Gasteiger charge is -2.19. The van der Waals surface area contributed by atoms with Crippen molar-refractivity contribution in [1.29, 1.82) is 0 Å². The number of aryl methyl sites for hydroxylation is 1. The molecule has 3 N–H and O–H groups in total. The van der Waals surface area contributed by atoms with Crippen molar-refractivity contribution >= 4 is 41.7 Å². The van der Waals surface area contributed by atoms with Crippen molar-refractivity contribution in [3.8, 4) is 0 Å². The number of nitrogens with one attached hydrogen (secondary N) is 3. The van der Waals surface area contributed by atoms with Crippen molar-refractivity contribution < 1.29 is 9.53 Å². The molecular formula is C23H34IN5O2. The number of halogens is 1. The van der Waals surface area contributed by atoms with Gasteiger partial charge in [-0.2, -0.15) is 0 Å². The number of rotatable bonds is 7. The van der Waals surface area contributed by atoms with Gasteiger partial charge in [-0.05, 0) is 75.4 Å². The Morgan fingerprint density at radius 1 is 1.06 bits per heavy atom. The van der Waals surface area contributed by atoms with Crippen LogP contribution >= 0.6 is 24.0 Å². The molecule has 2 rings (SSSR count). The van der Waals surface area contributed by atoms with Crippen LogP contribution in [0.3, 0.4) is 0 Å². The fourth-order valence-electron chi connectivity index (χ4n) is 2.82. The summed E-state index contributed by atoms with van der Waals surface area (Å²) in [5.74, 6) is 0.782. The molecule has 0 unspecified atom stereocenters. The highest BCUT2D eigenvalue weighted by molar-refractivity contribution is 14.0. The maximum atomic E-state index is 11.8. The second kappa shape index (κ2) is 13.1. The minimum Gasteiger partial charge on any atom is -0.444 e. The Hall–Kier alpha value is -2.36. The Labute approximate surface area is 202 Å². The molecule has 0 spiro atoms. The van der Waals surface area contributed by atoms with Gasteiger partial charge in [-0.1, -0.05) is 12.1 Å². The van der Waals surface area contributed by atoms with Crippen LogP contribution < -0.4 is 16.0 Å². The summed E-state index contributed by atoms with van der Waals surface area (Å²) in [4.78, 5) is 20.2. The number of carbonyl (C=O) groups is 1. The van der Waals surface area contributed by atoms with E-state index in [0.717, 1.165) is 31.9 Å². The molecule has 8 heteroatoms. The molecule has 0 atom stereocenters. The highest BCUT2D eigenvalue weighted by Gasteiger charge is 2.16. The Bertz CT molecular complexity index is 848. The van der Waals surface area contributed by atoms with E-state index in [2.05, 4.69) is 38.9 Å². The first kappa shape index (κ1) is 26.7. The molecule has 0 bridgehead atoms. The molecule has 2 aromatic rings. The zero-order valence-electron chi connectivity index (χ0n) is 19.0. The van der Waals surface area contributed by atoms with Crippen LogP contribution in [0.15, 0.2) is 47.7 Å². The van der Waals surface area contributed by atoms with E-state index in [4.69, 9.17) is 4.74 Å². The van der Waals surface area contributed by atoms with Crippen LogP contribution in [0, 0.1) is 6.92 Å². The minimum absolute atomic E-state index is 0. The Morgan fingerprint density at radius 3 is 2.29 bits per heavy atom. The summed E-state index contributed by atoms with van der Waals surface area (Å²) < 4.78 is 5.26. The van der Waals surface area contributed by atoms with E-state index < -0.39 is 11.7 Å². The summed E-state index contributed by atoms with van der Waals surface area (Å²) in [7, 11) is 1.77. The second-order valence-corrected chi connectivity index (χ2v) is 8.05. The van der Waals surface area contributed by atoms with Gasteiger partial charge in [0.1, 0.15) is 5.60 Å². The Morgan fingerprint density at radius 2 is 1.71 bits per heavy atom. The van der Waals surface area contributed by atoms with Gasteiger partial charge in [0, 0.05) is 38.2 Å². The van der Waals surface area contributed by atoms with E-state index in [1.165, 1.54) is 16.7 Å². The normalized spacial score (nSPS) is 11.3.